The molecule has 0 saturated heterocycles. The lowest BCUT2D eigenvalue weighted by atomic mass is 9.88. The lowest BCUT2D eigenvalue weighted by Gasteiger charge is -2.17. The molecule has 6 N–H and O–H groups in total. The van der Waals surface area contributed by atoms with Crippen molar-refractivity contribution in [3.8, 4) is 34.5 Å². The van der Waals surface area contributed by atoms with Gasteiger partial charge in [-0.05, 0) is 53.1 Å². The molecule has 1 aliphatic heterocycles. The zero-order chi connectivity index (χ0) is 29.1. The SMILES string of the molecule is COC(=O)[C@@H](Cc1ccc(O)c(O)c1)OC(=O)C=Cc1ccc(O)c2c1[C@H](C(=O)O)[C@@H](c1ccc(O)c(O)c1)O2. The number of carboxylic acid groups (broad SMARTS) is 1. The molecule has 0 aliphatic carbocycles. The van der Waals surface area contributed by atoms with Crippen LogP contribution >= 0.6 is 0 Å². The summed E-state index contributed by atoms with van der Waals surface area (Å²) in [6.45, 7) is 0. The Labute approximate surface area is 226 Å². The van der Waals surface area contributed by atoms with E-state index in [9.17, 15) is 45.0 Å². The maximum atomic E-state index is 12.6. The third-order valence-corrected chi connectivity index (χ3v) is 6.24. The van der Waals surface area contributed by atoms with Gasteiger partial charge < -0.3 is 44.8 Å². The average molecular weight is 552 g/mol. The van der Waals surface area contributed by atoms with Gasteiger partial charge in [-0.3, -0.25) is 4.79 Å². The molecule has 3 atom stereocenters. The molecular formula is C28H24O12. The highest BCUT2D eigenvalue weighted by atomic mass is 16.6. The number of phenols is 5. The number of hydrogen-bond acceptors (Lipinski definition) is 11. The predicted octanol–water partition coefficient (Wildman–Crippen LogP) is 2.86. The van der Waals surface area contributed by atoms with Crippen LogP contribution in [0.3, 0.4) is 0 Å². The van der Waals surface area contributed by atoms with Crippen LogP contribution in [0.25, 0.3) is 6.08 Å². The number of rotatable bonds is 8. The summed E-state index contributed by atoms with van der Waals surface area (Å²) in [4.78, 5) is 37.2. The first kappa shape index (κ1) is 27.6. The van der Waals surface area contributed by atoms with Gasteiger partial charge in [-0.15, -0.1) is 0 Å². The average Bonchev–Trinajstić information content (AvgIpc) is 3.33. The van der Waals surface area contributed by atoms with Crippen LogP contribution in [0.15, 0.2) is 54.6 Å². The third kappa shape index (κ3) is 5.55. The lowest BCUT2D eigenvalue weighted by molar-refractivity contribution is -0.162. The Kier molecular flexibility index (Phi) is 7.71. The molecule has 3 aromatic rings. The molecule has 4 rings (SSSR count). The third-order valence-electron chi connectivity index (χ3n) is 6.24. The van der Waals surface area contributed by atoms with Gasteiger partial charge in [-0.2, -0.15) is 0 Å². The van der Waals surface area contributed by atoms with Crippen molar-refractivity contribution < 1.29 is 59.2 Å². The topological polar surface area (TPSA) is 200 Å². The zero-order valence-corrected chi connectivity index (χ0v) is 20.8. The van der Waals surface area contributed by atoms with E-state index in [0.717, 1.165) is 19.3 Å². The van der Waals surface area contributed by atoms with Gasteiger partial charge in [-0.25, -0.2) is 9.59 Å². The lowest BCUT2D eigenvalue weighted by Crippen LogP contribution is -2.30. The Morgan fingerprint density at radius 1 is 0.900 bits per heavy atom. The van der Waals surface area contributed by atoms with E-state index in [1.54, 1.807) is 0 Å². The van der Waals surface area contributed by atoms with Gasteiger partial charge in [0.2, 0.25) is 6.10 Å². The molecule has 0 unspecified atom stereocenters. The van der Waals surface area contributed by atoms with E-state index in [1.807, 2.05) is 0 Å². The van der Waals surface area contributed by atoms with Crippen LogP contribution in [0.1, 0.15) is 34.3 Å². The minimum atomic E-state index is -1.40. The van der Waals surface area contributed by atoms with Crippen LogP contribution in [0.4, 0.5) is 0 Å². The van der Waals surface area contributed by atoms with Crippen LogP contribution in [0.2, 0.25) is 0 Å². The molecule has 12 nitrogen and oxygen atoms in total. The summed E-state index contributed by atoms with van der Waals surface area (Å²) in [5.74, 6) is -6.73. The number of phenolic OH excluding ortho intramolecular Hbond substituents is 5. The van der Waals surface area contributed by atoms with Crippen molar-refractivity contribution in [2.24, 2.45) is 0 Å². The van der Waals surface area contributed by atoms with Crippen molar-refractivity contribution in [2.75, 3.05) is 7.11 Å². The van der Waals surface area contributed by atoms with Crippen molar-refractivity contribution >= 4 is 24.0 Å². The molecule has 0 bridgehead atoms. The Hall–Kier alpha value is -5.39. The normalized spacial score (nSPS) is 16.6. The summed E-state index contributed by atoms with van der Waals surface area (Å²) in [6, 6.07) is 10.1. The molecule has 12 heteroatoms. The number of hydrogen-bond donors (Lipinski definition) is 6. The molecule has 3 aromatic carbocycles. The second-order valence-corrected chi connectivity index (χ2v) is 8.83. The second kappa shape index (κ2) is 11.2. The van der Waals surface area contributed by atoms with Gasteiger partial charge in [0.25, 0.3) is 0 Å². The number of esters is 2. The number of carbonyl (C=O) groups is 3. The first-order chi connectivity index (χ1) is 19.0. The Morgan fingerprint density at radius 3 is 2.17 bits per heavy atom. The van der Waals surface area contributed by atoms with E-state index in [4.69, 9.17) is 14.2 Å². The molecule has 0 fully saturated rings. The maximum Gasteiger partial charge on any atom is 0.347 e. The summed E-state index contributed by atoms with van der Waals surface area (Å²) in [6.07, 6.45) is -0.576. The van der Waals surface area contributed by atoms with Gasteiger partial charge in [0, 0.05) is 18.1 Å². The van der Waals surface area contributed by atoms with Crippen LogP contribution in [-0.2, 0) is 30.3 Å². The number of ether oxygens (including phenoxy) is 3. The van der Waals surface area contributed by atoms with Crippen LogP contribution in [0, 0.1) is 0 Å². The smallest absolute Gasteiger partial charge is 0.347 e. The zero-order valence-electron chi connectivity index (χ0n) is 20.8. The fourth-order valence-corrected chi connectivity index (χ4v) is 4.32. The molecule has 1 aliphatic rings. The number of benzene rings is 3. The molecule has 0 amide bonds. The van der Waals surface area contributed by atoms with Gasteiger partial charge in [0.1, 0.15) is 12.0 Å². The maximum absolute atomic E-state index is 12.6. The van der Waals surface area contributed by atoms with Crippen LogP contribution < -0.4 is 4.74 Å². The first-order valence-corrected chi connectivity index (χ1v) is 11.7. The molecular weight excluding hydrogens is 528 g/mol. The van der Waals surface area contributed by atoms with Crippen molar-refractivity contribution in [1.29, 1.82) is 0 Å². The standard InChI is InChI=1S/C28H24O12/c1-38-28(37)21(11-13-2-6-16(29)19(32)10-13)39-22(34)9-5-14-3-8-18(31)26-23(14)24(27(35)36)25(40-26)15-4-7-17(30)20(33)12-15/h2-10,12,21,24-25,29-33H,11H2,1H3,(H,35,36)/t21-,24+,25-/m1/s1. The minimum absolute atomic E-state index is 0.0539. The van der Waals surface area contributed by atoms with E-state index < -0.39 is 53.3 Å². The van der Waals surface area contributed by atoms with Crippen LogP contribution in [0.5, 0.6) is 34.5 Å². The summed E-state index contributed by atoms with van der Waals surface area (Å²) >= 11 is 0. The highest BCUT2D eigenvalue weighted by Crippen LogP contribution is 2.52. The largest absolute Gasteiger partial charge is 0.504 e. The fourth-order valence-electron chi connectivity index (χ4n) is 4.32. The van der Waals surface area contributed by atoms with Crippen LogP contribution in [-0.4, -0.2) is 61.8 Å². The Balaban J connectivity index is 1.60. The van der Waals surface area contributed by atoms with Gasteiger partial charge in [0.05, 0.1) is 7.11 Å². The summed E-state index contributed by atoms with van der Waals surface area (Å²) in [7, 11) is 1.10. The molecule has 1 heterocycles. The van der Waals surface area contributed by atoms with Crippen molar-refractivity contribution in [1.82, 2.24) is 0 Å². The van der Waals surface area contributed by atoms with E-state index in [2.05, 4.69) is 0 Å². The van der Waals surface area contributed by atoms with E-state index in [-0.39, 0.29) is 40.4 Å². The molecule has 40 heavy (non-hydrogen) atoms. The Morgan fingerprint density at radius 2 is 1.55 bits per heavy atom. The molecule has 0 aromatic heterocycles. The summed E-state index contributed by atoms with van der Waals surface area (Å²) < 4.78 is 15.7. The number of methoxy groups -OCH3 is 1. The predicted molar refractivity (Wildman–Crippen MR) is 136 cm³/mol. The summed E-state index contributed by atoms with van der Waals surface area (Å²) in [5, 5.41) is 59.1. The van der Waals surface area contributed by atoms with E-state index in [1.165, 1.54) is 48.5 Å². The molecule has 0 radical (unpaired) electrons. The quantitative estimate of drug-likeness (QED) is 0.136. The van der Waals surface area contributed by atoms with Gasteiger partial charge >= 0.3 is 17.9 Å². The van der Waals surface area contributed by atoms with E-state index in [0.29, 0.717) is 5.56 Å². The van der Waals surface area contributed by atoms with Crippen molar-refractivity contribution in [3.63, 3.8) is 0 Å². The number of carboxylic acids is 1. The second-order valence-electron chi connectivity index (χ2n) is 8.83. The van der Waals surface area contributed by atoms with E-state index >= 15 is 0 Å². The number of fused-ring (bicyclic) bond motifs is 1. The highest BCUT2D eigenvalue weighted by Gasteiger charge is 2.43. The highest BCUT2D eigenvalue weighted by molar-refractivity contribution is 5.91. The summed E-state index contributed by atoms with van der Waals surface area (Å²) in [5.41, 5.74) is 0.833. The minimum Gasteiger partial charge on any atom is -0.504 e. The first-order valence-electron chi connectivity index (χ1n) is 11.7. The molecule has 0 spiro atoms. The molecule has 208 valence electrons. The van der Waals surface area contributed by atoms with Gasteiger partial charge in [0.15, 0.2) is 34.5 Å². The number of aliphatic carboxylic acids is 1. The Bertz CT molecular complexity index is 1510. The number of aromatic hydroxyl groups is 5. The van der Waals surface area contributed by atoms with Crippen molar-refractivity contribution in [3.05, 3.63) is 76.9 Å². The number of carbonyl (C=O) groups excluding carboxylic acids is 2. The van der Waals surface area contributed by atoms with Crippen molar-refractivity contribution in [2.45, 2.75) is 24.5 Å². The fraction of sp³-hybridized carbons (Fsp3) is 0.179. The molecule has 0 saturated carbocycles. The van der Waals surface area contributed by atoms with Gasteiger partial charge in [-0.1, -0.05) is 18.2 Å². The monoisotopic (exact) mass is 552 g/mol.